The highest BCUT2D eigenvalue weighted by Gasteiger charge is 2.24. The molecule has 0 amide bonds. The zero-order valence-electron chi connectivity index (χ0n) is 24.6. The summed E-state index contributed by atoms with van der Waals surface area (Å²) >= 11 is 0. The highest BCUT2D eigenvalue weighted by molar-refractivity contribution is 7.91. The van der Waals surface area contributed by atoms with Gasteiger partial charge in [-0.25, -0.2) is 16.8 Å². The van der Waals surface area contributed by atoms with Crippen LogP contribution < -0.4 is 18.9 Å². The molecule has 13 heteroatoms. The maximum atomic E-state index is 13.0. The number of epoxide rings is 2. The Hall–Kier alpha value is -4.14. The summed E-state index contributed by atoms with van der Waals surface area (Å²) in [6, 6.07) is 24.2. The van der Waals surface area contributed by atoms with Crippen molar-refractivity contribution in [3.63, 3.8) is 0 Å². The summed E-state index contributed by atoms with van der Waals surface area (Å²) in [7, 11) is -7.49. The van der Waals surface area contributed by atoms with Crippen LogP contribution >= 0.6 is 0 Å². The van der Waals surface area contributed by atoms with E-state index in [2.05, 4.69) is 0 Å². The van der Waals surface area contributed by atoms with Crippen molar-refractivity contribution in [3.05, 3.63) is 97.1 Å². The third-order valence-electron chi connectivity index (χ3n) is 7.10. The van der Waals surface area contributed by atoms with Gasteiger partial charge in [0.15, 0.2) is 0 Å². The molecule has 46 heavy (non-hydrogen) atoms. The first-order chi connectivity index (χ1) is 22.2. The minimum Gasteiger partial charge on any atom is -0.491 e. The number of aliphatic hydroxyl groups is 1. The molecule has 4 aromatic rings. The Bertz CT molecular complexity index is 1680. The van der Waals surface area contributed by atoms with E-state index < -0.39 is 25.8 Å². The van der Waals surface area contributed by atoms with Crippen LogP contribution in [0.3, 0.4) is 0 Å². The molecule has 242 valence electrons. The quantitative estimate of drug-likeness (QED) is 0.174. The van der Waals surface area contributed by atoms with Crippen molar-refractivity contribution >= 4 is 19.7 Å². The van der Waals surface area contributed by atoms with Gasteiger partial charge in [-0.05, 0) is 97.1 Å². The van der Waals surface area contributed by atoms with Crippen LogP contribution in [0, 0.1) is 0 Å². The van der Waals surface area contributed by atoms with Crippen molar-refractivity contribution in [2.45, 2.75) is 37.9 Å². The van der Waals surface area contributed by atoms with Crippen LogP contribution in [-0.2, 0) is 29.1 Å². The fourth-order valence-corrected chi connectivity index (χ4v) is 6.79. The van der Waals surface area contributed by atoms with Crippen LogP contribution in [-0.4, -0.2) is 79.9 Å². The largest absolute Gasteiger partial charge is 0.491 e. The third-order valence-corrected chi connectivity index (χ3v) is 10.7. The van der Waals surface area contributed by atoms with Gasteiger partial charge in [-0.1, -0.05) is 0 Å². The minimum absolute atomic E-state index is 0.0969. The molecule has 1 N–H and O–H groups in total. The second kappa shape index (κ2) is 13.7. The van der Waals surface area contributed by atoms with Gasteiger partial charge < -0.3 is 33.5 Å². The van der Waals surface area contributed by atoms with Gasteiger partial charge in [0.2, 0.25) is 19.7 Å². The predicted octanol–water partition coefficient (Wildman–Crippen LogP) is 3.73. The van der Waals surface area contributed by atoms with E-state index in [4.69, 9.17) is 28.4 Å². The van der Waals surface area contributed by atoms with Crippen LogP contribution in [0.1, 0.15) is 0 Å². The Kier molecular flexibility index (Phi) is 9.47. The smallest absolute Gasteiger partial charge is 0.206 e. The normalized spacial score (nSPS) is 17.3. The van der Waals surface area contributed by atoms with Crippen molar-refractivity contribution in [2.24, 2.45) is 0 Å². The van der Waals surface area contributed by atoms with E-state index >= 15 is 0 Å². The molecule has 2 heterocycles. The van der Waals surface area contributed by atoms with Gasteiger partial charge >= 0.3 is 0 Å². The molecule has 0 radical (unpaired) electrons. The summed E-state index contributed by atoms with van der Waals surface area (Å²) in [5, 5.41) is 10.3. The van der Waals surface area contributed by atoms with Crippen LogP contribution in [0.2, 0.25) is 0 Å². The Morgan fingerprint density at radius 3 is 1.04 bits per heavy atom. The van der Waals surface area contributed by atoms with E-state index in [0.29, 0.717) is 49.4 Å². The number of benzene rings is 4. The first-order valence-electron chi connectivity index (χ1n) is 14.5. The van der Waals surface area contributed by atoms with Crippen LogP contribution in [0.4, 0.5) is 0 Å². The predicted molar refractivity (Wildman–Crippen MR) is 164 cm³/mol. The molecule has 0 bridgehead atoms. The second-order valence-corrected chi connectivity index (χ2v) is 14.6. The number of ether oxygens (including phenoxy) is 6. The van der Waals surface area contributed by atoms with Crippen LogP contribution in [0.15, 0.2) is 117 Å². The molecule has 2 atom stereocenters. The molecule has 2 fully saturated rings. The summed E-state index contributed by atoms with van der Waals surface area (Å²) < 4.78 is 84.6. The number of hydrogen-bond acceptors (Lipinski definition) is 11. The van der Waals surface area contributed by atoms with E-state index in [1.165, 1.54) is 72.8 Å². The lowest BCUT2D eigenvalue weighted by atomic mass is 10.3. The molecule has 0 aromatic heterocycles. The number of hydrogen-bond donors (Lipinski definition) is 1. The Labute approximate surface area is 267 Å². The molecule has 11 nitrogen and oxygen atoms in total. The lowest BCUT2D eigenvalue weighted by Crippen LogP contribution is -2.25. The third kappa shape index (κ3) is 8.17. The zero-order chi connectivity index (χ0) is 32.1. The van der Waals surface area contributed by atoms with Crippen LogP contribution in [0.25, 0.3) is 0 Å². The van der Waals surface area contributed by atoms with Gasteiger partial charge in [-0.15, -0.1) is 0 Å². The van der Waals surface area contributed by atoms with E-state index in [9.17, 15) is 21.9 Å². The average molecular weight is 669 g/mol. The zero-order valence-corrected chi connectivity index (χ0v) is 26.2. The summed E-state index contributed by atoms with van der Waals surface area (Å²) in [5.74, 6) is 1.87. The Morgan fingerprint density at radius 2 is 0.783 bits per heavy atom. The molecule has 2 aliphatic heterocycles. The van der Waals surface area contributed by atoms with Gasteiger partial charge in [0, 0.05) is 0 Å². The van der Waals surface area contributed by atoms with Crippen molar-refractivity contribution in [3.8, 4) is 23.0 Å². The average Bonchev–Trinajstić information content (AvgIpc) is 4.01. The second-order valence-electron chi connectivity index (χ2n) is 10.7. The van der Waals surface area contributed by atoms with Crippen molar-refractivity contribution in [1.82, 2.24) is 0 Å². The monoisotopic (exact) mass is 668 g/mol. The maximum Gasteiger partial charge on any atom is 0.206 e. The Balaban J connectivity index is 0.959. The summed E-state index contributed by atoms with van der Waals surface area (Å²) in [6.45, 7) is 1.99. The summed E-state index contributed by atoms with van der Waals surface area (Å²) in [5.41, 5.74) is 0. The van der Waals surface area contributed by atoms with E-state index in [-0.39, 0.29) is 45.0 Å². The van der Waals surface area contributed by atoms with Crippen LogP contribution in [0.5, 0.6) is 23.0 Å². The summed E-state index contributed by atoms with van der Waals surface area (Å²) in [6.07, 6.45) is -0.799. The fourth-order valence-electron chi connectivity index (χ4n) is 4.27. The van der Waals surface area contributed by atoms with Crippen molar-refractivity contribution < 1.29 is 50.4 Å². The summed E-state index contributed by atoms with van der Waals surface area (Å²) in [4.78, 5) is 0.460. The molecule has 0 aliphatic carbocycles. The first-order valence-corrected chi connectivity index (χ1v) is 17.5. The van der Waals surface area contributed by atoms with Gasteiger partial charge in [-0.3, -0.25) is 0 Å². The SMILES string of the molecule is O=S(=O)(c1ccc(OCC(O)COc2ccc(S(=O)(=O)c3ccc(OC[C@@H]4CO4)cc3)cc2)cc1)c1ccc(OC[C@@H]2CO2)cc1. The van der Waals surface area contributed by atoms with Gasteiger partial charge in [0.25, 0.3) is 0 Å². The molecular formula is C33H32O11S2. The number of aliphatic hydroxyl groups excluding tert-OH is 1. The molecule has 6 rings (SSSR count). The standard InChI is InChI=1S/C33H32O11S2/c34-23(17-39-24-1-9-30(10-2-24)45(35,36)32-13-5-26(6-14-32)41-19-28-21-43-28)18-40-25-3-11-31(12-4-25)46(37,38)33-15-7-27(8-16-33)42-20-29-22-44-29/h1-16,23,28-29,34H,17-22H2/t28-,29-/m1/s1. The molecule has 0 spiro atoms. The number of sulfone groups is 2. The van der Waals surface area contributed by atoms with E-state index in [1.807, 2.05) is 0 Å². The Morgan fingerprint density at radius 1 is 0.522 bits per heavy atom. The number of rotatable bonds is 16. The molecule has 0 saturated carbocycles. The van der Waals surface area contributed by atoms with Gasteiger partial charge in [0.05, 0.1) is 32.8 Å². The van der Waals surface area contributed by atoms with E-state index in [1.54, 1.807) is 24.3 Å². The minimum atomic E-state index is -3.75. The first kappa shape index (κ1) is 31.8. The van der Waals surface area contributed by atoms with Gasteiger partial charge in [-0.2, -0.15) is 0 Å². The van der Waals surface area contributed by atoms with Gasteiger partial charge in [0.1, 0.15) is 67.7 Å². The van der Waals surface area contributed by atoms with Crippen molar-refractivity contribution in [2.75, 3.05) is 39.6 Å². The van der Waals surface area contributed by atoms with Crippen molar-refractivity contribution in [1.29, 1.82) is 0 Å². The highest BCUT2D eigenvalue weighted by atomic mass is 32.2. The molecule has 4 aromatic carbocycles. The molecule has 2 saturated heterocycles. The van der Waals surface area contributed by atoms with E-state index in [0.717, 1.165) is 0 Å². The molecule has 0 unspecified atom stereocenters. The lowest BCUT2D eigenvalue weighted by molar-refractivity contribution is 0.0626. The lowest BCUT2D eigenvalue weighted by Gasteiger charge is -2.14. The molecule has 2 aliphatic rings. The molecular weight excluding hydrogens is 636 g/mol. The maximum absolute atomic E-state index is 13.0. The highest BCUT2D eigenvalue weighted by Crippen LogP contribution is 2.27. The fraction of sp³-hybridized carbons (Fsp3) is 0.273. The topological polar surface area (TPSA) is 150 Å².